The second-order valence-corrected chi connectivity index (χ2v) is 6.43. The van der Waals surface area contributed by atoms with Crippen molar-refractivity contribution in [3.63, 3.8) is 0 Å². The molecular formula is C18H17NO6. The van der Waals surface area contributed by atoms with Crippen LogP contribution in [0.4, 0.5) is 5.69 Å². The van der Waals surface area contributed by atoms with Gasteiger partial charge in [-0.25, -0.2) is 4.79 Å². The van der Waals surface area contributed by atoms with Crippen molar-refractivity contribution in [3.05, 3.63) is 42.0 Å². The Hall–Kier alpha value is -2.67. The zero-order valence-corrected chi connectivity index (χ0v) is 13.5. The lowest BCUT2D eigenvalue weighted by molar-refractivity contribution is -0.146. The summed E-state index contributed by atoms with van der Waals surface area (Å²) in [7, 11) is 0. The quantitative estimate of drug-likeness (QED) is 0.653. The number of carboxylic acid groups (broad SMARTS) is 1. The summed E-state index contributed by atoms with van der Waals surface area (Å²) in [4.78, 5) is 37.7. The van der Waals surface area contributed by atoms with E-state index in [9.17, 15) is 19.5 Å². The first kappa shape index (κ1) is 15.8. The Balaban J connectivity index is 1.61. The Bertz CT molecular complexity index is 785. The van der Waals surface area contributed by atoms with Crippen molar-refractivity contribution in [2.24, 2.45) is 11.8 Å². The van der Waals surface area contributed by atoms with Gasteiger partial charge in [0.1, 0.15) is 11.5 Å². The lowest BCUT2D eigenvalue weighted by Crippen LogP contribution is -2.39. The highest BCUT2D eigenvalue weighted by atomic mass is 16.5. The molecule has 3 heterocycles. The fourth-order valence-electron chi connectivity index (χ4n) is 3.99. The van der Waals surface area contributed by atoms with Crippen molar-refractivity contribution in [3.8, 4) is 0 Å². The van der Waals surface area contributed by atoms with Gasteiger partial charge >= 0.3 is 11.9 Å². The maximum Gasteiger partial charge on any atom is 0.338 e. The highest BCUT2D eigenvalue weighted by Crippen LogP contribution is 2.52. The van der Waals surface area contributed by atoms with Crippen LogP contribution in [0.15, 0.2) is 36.4 Å². The minimum atomic E-state index is -1.02. The molecule has 4 unspecified atom stereocenters. The van der Waals surface area contributed by atoms with Gasteiger partial charge in [0.25, 0.3) is 0 Å². The van der Waals surface area contributed by atoms with Crippen LogP contribution in [0.25, 0.3) is 0 Å². The molecule has 2 saturated heterocycles. The lowest BCUT2D eigenvalue weighted by atomic mass is 9.77. The predicted octanol–water partition coefficient (Wildman–Crippen LogP) is 1.23. The number of hydrogen-bond donors (Lipinski definition) is 1. The van der Waals surface area contributed by atoms with Crippen LogP contribution < -0.4 is 4.90 Å². The third kappa shape index (κ3) is 2.19. The maximum atomic E-state index is 12.9. The normalized spacial score (nSPS) is 32.1. The van der Waals surface area contributed by atoms with Gasteiger partial charge in [-0.2, -0.15) is 0 Å². The summed E-state index contributed by atoms with van der Waals surface area (Å²) in [5.74, 6) is -3.28. The number of carbonyl (C=O) groups is 3. The van der Waals surface area contributed by atoms with Gasteiger partial charge in [0.05, 0.1) is 30.7 Å². The van der Waals surface area contributed by atoms with Crippen molar-refractivity contribution in [1.82, 2.24) is 0 Å². The van der Waals surface area contributed by atoms with Crippen LogP contribution in [0.5, 0.6) is 0 Å². The Morgan fingerprint density at radius 3 is 2.72 bits per heavy atom. The van der Waals surface area contributed by atoms with Gasteiger partial charge in [-0.1, -0.05) is 12.2 Å². The van der Waals surface area contributed by atoms with Crippen LogP contribution in [0.3, 0.4) is 0 Å². The summed E-state index contributed by atoms with van der Waals surface area (Å²) < 4.78 is 10.8. The number of fused-ring (bicyclic) bond motifs is 1. The van der Waals surface area contributed by atoms with Crippen molar-refractivity contribution in [2.75, 3.05) is 18.1 Å². The molecule has 7 nitrogen and oxygen atoms in total. The number of carbonyl (C=O) groups excluding carboxylic acids is 2. The van der Waals surface area contributed by atoms with E-state index in [0.717, 1.165) is 0 Å². The summed E-state index contributed by atoms with van der Waals surface area (Å²) in [6.45, 7) is 2.29. The third-order valence-electron chi connectivity index (χ3n) is 5.08. The first-order chi connectivity index (χ1) is 12.0. The number of esters is 1. The molecule has 2 bridgehead atoms. The Kier molecular flexibility index (Phi) is 3.43. The van der Waals surface area contributed by atoms with E-state index >= 15 is 0 Å². The van der Waals surface area contributed by atoms with Gasteiger partial charge in [-0.15, -0.1) is 0 Å². The molecule has 25 heavy (non-hydrogen) atoms. The predicted molar refractivity (Wildman–Crippen MR) is 86.1 cm³/mol. The Morgan fingerprint density at radius 2 is 2.08 bits per heavy atom. The second kappa shape index (κ2) is 5.42. The average Bonchev–Trinajstić information content (AvgIpc) is 3.23. The maximum absolute atomic E-state index is 12.9. The van der Waals surface area contributed by atoms with Crippen LogP contribution in [0.2, 0.25) is 0 Å². The number of anilines is 1. The van der Waals surface area contributed by atoms with E-state index in [0.29, 0.717) is 11.3 Å². The molecule has 7 heteroatoms. The van der Waals surface area contributed by atoms with Gasteiger partial charge in [-0.05, 0) is 31.2 Å². The average molecular weight is 343 g/mol. The van der Waals surface area contributed by atoms with Crippen LogP contribution in [0, 0.1) is 11.8 Å². The summed E-state index contributed by atoms with van der Waals surface area (Å²) in [6.07, 6.45) is 3.00. The monoisotopic (exact) mass is 343 g/mol. The molecule has 0 aliphatic carbocycles. The molecule has 130 valence electrons. The molecule has 3 aliphatic rings. The number of nitrogens with zero attached hydrogens (tertiary/aromatic N) is 1. The molecule has 2 fully saturated rings. The second-order valence-electron chi connectivity index (χ2n) is 6.43. The number of carboxylic acids is 1. The standard InChI is InChI=1S/C18H17NO6/c1-2-24-17(23)10-3-5-11(6-4-10)19-9-18-8-7-12(25-18)13(16(21)22)14(18)15(19)20/h3-8,12-14H,2,9H2,1H3,(H,21,22). The molecular weight excluding hydrogens is 326 g/mol. The molecule has 1 aromatic carbocycles. The summed E-state index contributed by atoms with van der Waals surface area (Å²) >= 11 is 0. The third-order valence-corrected chi connectivity index (χ3v) is 5.08. The molecule has 1 N–H and O–H groups in total. The molecule has 0 saturated carbocycles. The van der Waals surface area contributed by atoms with E-state index in [4.69, 9.17) is 9.47 Å². The van der Waals surface area contributed by atoms with Crippen LogP contribution in [0.1, 0.15) is 17.3 Å². The van der Waals surface area contributed by atoms with E-state index in [2.05, 4.69) is 0 Å². The minimum Gasteiger partial charge on any atom is -0.481 e. The zero-order valence-electron chi connectivity index (χ0n) is 13.5. The number of aliphatic carboxylic acids is 1. The Morgan fingerprint density at radius 1 is 1.36 bits per heavy atom. The van der Waals surface area contributed by atoms with Gasteiger partial charge in [-0.3, -0.25) is 9.59 Å². The van der Waals surface area contributed by atoms with Crippen LogP contribution >= 0.6 is 0 Å². The van der Waals surface area contributed by atoms with Crippen LogP contribution in [-0.2, 0) is 19.1 Å². The lowest BCUT2D eigenvalue weighted by Gasteiger charge is -2.21. The molecule has 4 rings (SSSR count). The minimum absolute atomic E-state index is 0.261. The molecule has 1 spiro atoms. The first-order valence-electron chi connectivity index (χ1n) is 8.15. The van der Waals surface area contributed by atoms with Crippen LogP contribution in [-0.4, -0.2) is 47.8 Å². The molecule has 4 atom stereocenters. The number of hydrogen-bond acceptors (Lipinski definition) is 5. The van der Waals surface area contributed by atoms with E-state index in [1.165, 1.54) is 4.90 Å². The molecule has 1 amide bonds. The molecule has 1 aromatic rings. The SMILES string of the molecule is CCOC(=O)c1ccc(N2CC34C=CC(O3)C(C(=O)O)C4C2=O)cc1. The van der Waals surface area contributed by atoms with Gasteiger partial charge in [0.2, 0.25) is 5.91 Å². The van der Waals surface area contributed by atoms with Gasteiger partial charge in [0.15, 0.2) is 0 Å². The van der Waals surface area contributed by atoms with Gasteiger partial charge in [0, 0.05) is 5.69 Å². The summed E-state index contributed by atoms with van der Waals surface area (Å²) in [6, 6.07) is 6.51. The fourth-order valence-corrected chi connectivity index (χ4v) is 3.99. The summed E-state index contributed by atoms with van der Waals surface area (Å²) in [5.41, 5.74) is 0.132. The molecule has 3 aliphatic heterocycles. The van der Waals surface area contributed by atoms with E-state index in [-0.39, 0.29) is 19.1 Å². The van der Waals surface area contributed by atoms with E-state index < -0.39 is 35.5 Å². The number of ether oxygens (including phenoxy) is 2. The number of rotatable bonds is 4. The number of benzene rings is 1. The highest BCUT2D eigenvalue weighted by molar-refractivity contribution is 6.02. The van der Waals surface area contributed by atoms with Crippen molar-refractivity contribution >= 4 is 23.5 Å². The summed E-state index contributed by atoms with van der Waals surface area (Å²) in [5, 5.41) is 9.47. The topological polar surface area (TPSA) is 93.1 Å². The van der Waals surface area contributed by atoms with Gasteiger partial charge < -0.3 is 19.5 Å². The molecule has 0 aromatic heterocycles. The smallest absolute Gasteiger partial charge is 0.338 e. The number of amides is 1. The Labute approximate surface area is 143 Å². The highest BCUT2D eigenvalue weighted by Gasteiger charge is 2.67. The largest absolute Gasteiger partial charge is 0.481 e. The van der Waals surface area contributed by atoms with E-state index in [1.54, 1.807) is 37.3 Å². The van der Waals surface area contributed by atoms with E-state index in [1.807, 2.05) is 6.08 Å². The van der Waals surface area contributed by atoms with Crippen molar-refractivity contribution < 1.29 is 29.0 Å². The first-order valence-corrected chi connectivity index (χ1v) is 8.15. The fraction of sp³-hybridized carbons (Fsp3) is 0.389. The zero-order chi connectivity index (χ0) is 17.8. The molecule has 0 radical (unpaired) electrons. The van der Waals surface area contributed by atoms with Crippen molar-refractivity contribution in [1.29, 1.82) is 0 Å². The van der Waals surface area contributed by atoms with Crippen molar-refractivity contribution in [2.45, 2.75) is 18.6 Å².